The number of hydrogen-bond acceptors (Lipinski definition) is 5. The zero-order chi connectivity index (χ0) is 12.9. The van der Waals surface area contributed by atoms with Crippen LogP contribution in [0.3, 0.4) is 0 Å². The van der Waals surface area contributed by atoms with Gasteiger partial charge in [0, 0.05) is 13.0 Å². The standard InChI is InChI=1S/C11H16N4O2S/c1-6-3-4-7(6)9-12-13-10(18-9)15-8(16)5-14(2)11(15)17/h6-8,16H,3-5H2,1-2H3. The first-order valence-electron chi connectivity index (χ1n) is 6.13. The molecule has 3 rings (SSSR count). The summed E-state index contributed by atoms with van der Waals surface area (Å²) in [5.41, 5.74) is 0. The van der Waals surface area contributed by atoms with Crippen LogP contribution < -0.4 is 4.90 Å². The fraction of sp³-hybridized carbons (Fsp3) is 0.727. The van der Waals surface area contributed by atoms with Gasteiger partial charge in [-0.15, -0.1) is 10.2 Å². The molecular weight excluding hydrogens is 252 g/mol. The Bertz CT molecular complexity index is 477. The van der Waals surface area contributed by atoms with Crippen molar-refractivity contribution in [1.82, 2.24) is 15.1 Å². The molecule has 0 radical (unpaired) electrons. The molecule has 6 nitrogen and oxygen atoms in total. The second kappa shape index (κ2) is 4.17. The number of nitrogens with zero attached hydrogens (tertiary/aromatic N) is 4. The van der Waals surface area contributed by atoms with E-state index in [9.17, 15) is 9.90 Å². The third kappa shape index (κ3) is 1.69. The lowest BCUT2D eigenvalue weighted by atomic mass is 9.75. The first-order chi connectivity index (χ1) is 8.58. The van der Waals surface area contributed by atoms with Crippen molar-refractivity contribution >= 4 is 22.5 Å². The zero-order valence-electron chi connectivity index (χ0n) is 10.4. The van der Waals surface area contributed by atoms with E-state index in [0.717, 1.165) is 11.4 Å². The highest BCUT2D eigenvalue weighted by molar-refractivity contribution is 7.15. The maximum absolute atomic E-state index is 11.9. The molecule has 1 aliphatic heterocycles. The van der Waals surface area contributed by atoms with Crippen molar-refractivity contribution in [2.24, 2.45) is 5.92 Å². The van der Waals surface area contributed by atoms with E-state index in [2.05, 4.69) is 17.1 Å². The van der Waals surface area contributed by atoms with Gasteiger partial charge in [0.05, 0.1) is 6.54 Å². The van der Waals surface area contributed by atoms with E-state index in [1.54, 1.807) is 7.05 Å². The van der Waals surface area contributed by atoms with Crippen LogP contribution in [0.2, 0.25) is 0 Å². The van der Waals surface area contributed by atoms with Crippen LogP contribution >= 0.6 is 11.3 Å². The van der Waals surface area contributed by atoms with Crippen molar-refractivity contribution in [3.8, 4) is 0 Å². The van der Waals surface area contributed by atoms with Crippen molar-refractivity contribution in [1.29, 1.82) is 0 Å². The molecule has 0 bridgehead atoms. The van der Waals surface area contributed by atoms with E-state index >= 15 is 0 Å². The molecule has 0 aromatic carbocycles. The number of aromatic nitrogens is 2. The van der Waals surface area contributed by atoms with Gasteiger partial charge >= 0.3 is 6.03 Å². The number of carbonyl (C=O) groups excluding carboxylic acids is 1. The van der Waals surface area contributed by atoms with Crippen molar-refractivity contribution in [3.05, 3.63) is 5.01 Å². The molecule has 1 saturated carbocycles. The summed E-state index contributed by atoms with van der Waals surface area (Å²) >= 11 is 1.42. The van der Waals surface area contributed by atoms with Crippen LogP contribution in [-0.2, 0) is 0 Å². The highest BCUT2D eigenvalue weighted by atomic mass is 32.1. The number of amides is 2. The Morgan fingerprint density at radius 2 is 2.17 bits per heavy atom. The summed E-state index contributed by atoms with van der Waals surface area (Å²) in [5.74, 6) is 1.12. The normalized spacial score (nSPS) is 31.9. The van der Waals surface area contributed by atoms with E-state index in [-0.39, 0.29) is 6.03 Å². The third-order valence-electron chi connectivity index (χ3n) is 3.84. The van der Waals surface area contributed by atoms with Gasteiger partial charge in [-0.3, -0.25) is 0 Å². The van der Waals surface area contributed by atoms with Crippen LogP contribution in [0.1, 0.15) is 30.7 Å². The first kappa shape index (κ1) is 11.9. The second-order valence-corrected chi connectivity index (χ2v) is 6.09. The fourth-order valence-electron chi connectivity index (χ4n) is 2.43. The van der Waals surface area contributed by atoms with Crippen LogP contribution in [0.5, 0.6) is 0 Å². The molecule has 18 heavy (non-hydrogen) atoms. The summed E-state index contributed by atoms with van der Waals surface area (Å²) in [6, 6.07) is -0.216. The van der Waals surface area contributed by atoms with Gasteiger partial charge in [-0.05, 0) is 18.8 Å². The van der Waals surface area contributed by atoms with Crippen LogP contribution in [-0.4, -0.2) is 46.1 Å². The van der Waals surface area contributed by atoms with E-state index < -0.39 is 6.23 Å². The van der Waals surface area contributed by atoms with Crippen LogP contribution in [0.4, 0.5) is 9.93 Å². The molecule has 98 valence electrons. The minimum Gasteiger partial charge on any atom is -0.371 e. The van der Waals surface area contributed by atoms with Gasteiger partial charge in [-0.2, -0.15) is 0 Å². The van der Waals surface area contributed by atoms with Gasteiger partial charge in [0.15, 0.2) is 6.23 Å². The van der Waals surface area contributed by atoms with Crippen molar-refractivity contribution in [2.45, 2.75) is 31.9 Å². The predicted octanol–water partition coefficient (Wildman–Crippen LogP) is 1.24. The summed E-state index contributed by atoms with van der Waals surface area (Å²) in [7, 11) is 1.67. The van der Waals surface area contributed by atoms with Gasteiger partial charge in [-0.1, -0.05) is 18.3 Å². The summed E-state index contributed by atoms with van der Waals surface area (Å²) in [6.45, 7) is 2.52. The molecule has 3 atom stereocenters. The first-order valence-corrected chi connectivity index (χ1v) is 6.95. The Labute approximate surface area is 109 Å². The number of rotatable bonds is 2. The Morgan fingerprint density at radius 1 is 1.39 bits per heavy atom. The Kier molecular flexibility index (Phi) is 2.74. The highest BCUT2D eigenvalue weighted by Gasteiger charge is 2.38. The maximum atomic E-state index is 11.9. The predicted molar refractivity (Wildman–Crippen MR) is 67.6 cm³/mol. The number of urea groups is 1. The number of anilines is 1. The number of β-amino-alcohol motifs (C(OH)–C–C–N with tert-alkyl or cyclic N) is 1. The molecule has 2 fully saturated rings. The molecule has 1 aromatic rings. The van der Waals surface area contributed by atoms with Gasteiger partial charge < -0.3 is 10.0 Å². The average molecular weight is 268 g/mol. The molecule has 2 heterocycles. The van der Waals surface area contributed by atoms with Gasteiger partial charge in [-0.25, -0.2) is 9.69 Å². The highest BCUT2D eigenvalue weighted by Crippen LogP contribution is 2.44. The number of aliphatic hydroxyl groups excluding tert-OH is 1. The number of aliphatic hydroxyl groups is 1. The van der Waals surface area contributed by atoms with E-state index in [1.165, 1.54) is 27.6 Å². The molecule has 0 spiro atoms. The monoisotopic (exact) mass is 268 g/mol. The molecular formula is C11H16N4O2S. The van der Waals surface area contributed by atoms with E-state index in [1.807, 2.05) is 0 Å². The van der Waals surface area contributed by atoms with Crippen molar-refractivity contribution in [3.63, 3.8) is 0 Å². The molecule has 1 saturated heterocycles. The minimum atomic E-state index is -0.817. The van der Waals surface area contributed by atoms with Crippen LogP contribution in [0, 0.1) is 5.92 Å². The molecule has 7 heteroatoms. The average Bonchev–Trinajstić information content (AvgIpc) is 2.84. The molecule has 3 unspecified atom stereocenters. The molecule has 1 aromatic heterocycles. The van der Waals surface area contributed by atoms with E-state index in [4.69, 9.17) is 0 Å². The summed E-state index contributed by atoms with van der Waals surface area (Å²) in [6.07, 6.45) is 1.56. The van der Waals surface area contributed by atoms with Crippen molar-refractivity contribution < 1.29 is 9.90 Å². The lowest BCUT2D eigenvalue weighted by molar-refractivity contribution is 0.183. The molecule has 2 aliphatic rings. The van der Waals surface area contributed by atoms with E-state index in [0.29, 0.717) is 23.5 Å². The topological polar surface area (TPSA) is 69.6 Å². The summed E-state index contributed by atoms with van der Waals surface area (Å²) in [5, 5.41) is 19.6. The Balaban J connectivity index is 1.83. The maximum Gasteiger partial charge on any atom is 0.328 e. The van der Waals surface area contributed by atoms with Crippen LogP contribution in [0.25, 0.3) is 0 Å². The lowest BCUT2D eigenvalue weighted by Crippen LogP contribution is -2.34. The number of carbonyl (C=O) groups is 1. The van der Waals surface area contributed by atoms with Gasteiger partial charge in [0.1, 0.15) is 5.01 Å². The molecule has 1 aliphatic carbocycles. The zero-order valence-corrected chi connectivity index (χ0v) is 11.2. The third-order valence-corrected chi connectivity index (χ3v) is 4.90. The molecule has 2 amide bonds. The minimum absolute atomic E-state index is 0.216. The Hall–Kier alpha value is -1.21. The summed E-state index contributed by atoms with van der Waals surface area (Å²) in [4.78, 5) is 14.7. The second-order valence-electron chi connectivity index (χ2n) is 5.10. The fourth-order valence-corrected chi connectivity index (χ4v) is 3.58. The smallest absolute Gasteiger partial charge is 0.328 e. The number of likely N-dealkylation sites (N-methyl/N-ethyl adjacent to an activating group) is 1. The van der Waals surface area contributed by atoms with Crippen molar-refractivity contribution in [2.75, 3.05) is 18.5 Å². The number of hydrogen-bond donors (Lipinski definition) is 1. The van der Waals surface area contributed by atoms with Crippen LogP contribution in [0.15, 0.2) is 0 Å². The SMILES string of the molecule is CC1CCC1c1nnc(N2C(=O)N(C)CC2O)s1. The Morgan fingerprint density at radius 3 is 2.67 bits per heavy atom. The van der Waals surface area contributed by atoms with Gasteiger partial charge in [0.2, 0.25) is 5.13 Å². The lowest BCUT2D eigenvalue weighted by Gasteiger charge is -2.31. The largest absolute Gasteiger partial charge is 0.371 e. The van der Waals surface area contributed by atoms with Gasteiger partial charge in [0.25, 0.3) is 0 Å². The quantitative estimate of drug-likeness (QED) is 0.876. The summed E-state index contributed by atoms with van der Waals surface area (Å²) < 4.78 is 0. The molecule has 1 N–H and O–H groups in total.